The second kappa shape index (κ2) is 7.21. The monoisotopic (exact) mass is 180 g/mol. The van der Waals surface area contributed by atoms with Crippen molar-refractivity contribution in [2.24, 2.45) is 0 Å². The molecule has 0 aliphatic rings. The van der Waals surface area contributed by atoms with Crippen LogP contribution in [-0.2, 0) is 0 Å². The molecule has 0 amide bonds. The molecule has 2 aromatic heterocycles. The summed E-state index contributed by atoms with van der Waals surface area (Å²) in [4.78, 5) is 3.91. The number of fused-ring (bicyclic) bond motifs is 1. The topological polar surface area (TPSA) is 43.1 Å². The third-order valence-electron chi connectivity index (χ3n) is 1.09. The van der Waals surface area contributed by atoms with E-state index in [9.17, 15) is 0 Å². The van der Waals surface area contributed by atoms with E-state index in [1.54, 1.807) is 23.0 Å². The van der Waals surface area contributed by atoms with Gasteiger partial charge in [-0.15, -0.1) is 5.10 Å². The molecule has 72 valence electrons. The molecule has 0 saturated carbocycles. The summed E-state index contributed by atoms with van der Waals surface area (Å²) >= 11 is 0. The number of aromatic nitrogens is 4. The molecule has 0 radical (unpaired) electrons. The Morgan fingerprint density at radius 3 is 2.23 bits per heavy atom. The Balaban J connectivity index is 0.000000322. The van der Waals surface area contributed by atoms with Crippen molar-refractivity contribution in [2.45, 2.75) is 27.7 Å². The Morgan fingerprint density at radius 1 is 1.00 bits per heavy atom. The van der Waals surface area contributed by atoms with Crippen molar-refractivity contribution in [3.63, 3.8) is 0 Å². The summed E-state index contributed by atoms with van der Waals surface area (Å²) in [5, 5.41) is 7.39. The van der Waals surface area contributed by atoms with Crippen molar-refractivity contribution >= 4 is 5.78 Å². The van der Waals surface area contributed by atoms with Gasteiger partial charge in [-0.25, -0.2) is 4.98 Å². The molecule has 2 rings (SSSR count). The number of rotatable bonds is 0. The molecule has 0 aliphatic carbocycles. The van der Waals surface area contributed by atoms with Crippen LogP contribution in [-0.4, -0.2) is 19.6 Å². The first kappa shape index (κ1) is 11.6. The average Bonchev–Trinajstić information content (AvgIpc) is 2.71. The first-order chi connectivity index (χ1) is 6.47. The number of hydrogen-bond donors (Lipinski definition) is 0. The molecule has 0 N–H and O–H groups in total. The number of imidazole rings is 1. The fourth-order valence-electron chi connectivity index (χ4n) is 0.686. The van der Waals surface area contributed by atoms with Gasteiger partial charge in [-0.2, -0.15) is 5.10 Å². The Bertz CT molecular complexity index is 286. The molecule has 0 aliphatic heterocycles. The zero-order valence-corrected chi connectivity index (χ0v) is 8.60. The summed E-state index contributed by atoms with van der Waals surface area (Å²) in [5.41, 5.74) is 0. The molecule has 0 saturated heterocycles. The molecule has 0 aromatic carbocycles. The normalized spacial score (nSPS) is 8.00. The van der Waals surface area contributed by atoms with Crippen LogP contribution in [0.4, 0.5) is 0 Å². The van der Waals surface area contributed by atoms with Crippen LogP contribution >= 0.6 is 0 Å². The van der Waals surface area contributed by atoms with Gasteiger partial charge in [-0.05, 0) is 0 Å². The van der Waals surface area contributed by atoms with E-state index in [0.29, 0.717) is 5.78 Å². The molecule has 4 heteroatoms. The SMILES string of the molecule is CC.CC.c1cn2ccnc2nn1. The minimum absolute atomic E-state index is 0.637. The molecule has 2 heterocycles. The lowest BCUT2D eigenvalue weighted by Crippen LogP contribution is -1.87. The van der Waals surface area contributed by atoms with Gasteiger partial charge in [0.2, 0.25) is 0 Å². The van der Waals surface area contributed by atoms with Gasteiger partial charge in [-0.3, -0.25) is 4.40 Å². The highest BCUT2D eigenvalue weighted by atomic mass is 15.2. The van der Waals surface area contributed by atoms with Crippen LogP contribution < -0.4 is 0 Å². The highest BCUT2D eigenvalue weighted by molar-refractivity contribution is 5.23. The van der Waals surface area contributed by atoms with Gasteiger partial charge in [0.15, 0.2) is 0 Å². The highest BCUT2D eigenvalue weighted by Gasteiger charge is 1.88. The van der Waals surface area contributed by atoms with Gasteiger partial charge in [0.05, 0.1) is 6.20 Å². The van der Waals surface area contributed by atoms with E-state index in [0.717, 1.165) is 0 Å². The van der Waals surface area contributed by atoms with Crippen molar-refractivity contribution in [2.75, 3.05) is 0 Å². The van der Waals surface area contributed by atoms with Crippen molar-refractivity contribution in [3.8, 4) is 0 Å². The molecule has 4 nitrogen and oxygen atoms in total. The van der Waals surface area contributed by atoms with Crippen molar-refractivity contribution in [3.05, 3.63) is 24.8 Å². The van der Waals surface area contributed by atoms with Gasteiger partial charge in [0.1, 0.15) is 0 Å². The van der Waals surface area contributed by atoms with E-state index in [1.165, 1.54) is 0 Å². The molecule has 0 bridgehead atoms. The maximum atomic E-state index is 3.91. The number of hydrogen-bond acceptors (Lipinski definition) is 3. The third kappa shape index (κ3) is 3.19. The minimum Gasteiger partial charge on any atom is -0.288 e. The Labute approximate surface area is 78.6 Å². The van der Waals surface area contributed by atoms with Gasteiger partial charge in [-0.1, -0.05) is 27.7 Å². The van der Waals surface area contributed by atoms with Crippen LogP contribution in [0.1, 0.15) is 27.7 Å². The maximum Gasteiger partial charge on any atom is 0.253 e. The van der Waals surface area contributed by atoms with Crippen LogP contribution in [0.25, 0.3) is 5.78 Å². The third-order valence-corrected chi connectivity index (χ3v) is 1.09. The van der Waals surface area contributed by atoms with Gasteiger partial charge in [0, 0.05) is 18.6 Å². The Hall–Kier alpha value is -1.45. The van der Waals surface area contributed by atoms with Crippen molar-refractivity contribution in [1.29, 1.82) is 0 Å². The summed E-state index contributed by atoms with van der Waals surface area (Å²) in [6.45, 7) is 8.00. The second-order valence-corrected chi connectivity index (χ2v) is 1.65. The molecule has 13 heavy (non-hydrogen) atoms. The molecule has 0 unspecified atom stereocenters. The molecule has 0 spiro atoms. The molecule has 0 fully saturated rings. The second-order valence-electron chi connectivity index (χ2n) is 1.65. The molecule has 0 atom stereocenters. The number of nitrogens with zero attached hydrogens (tertiary/aromatic N) is 4. The lowest BCUT2D eigenvalue weighted by Gasteiger charge is -1.84. The van der Waals surface area contributed by atoms with Crippen molar-refractivity contribution in [1.82, 2.24) is 19.6 Å². The fraction of sp³-hybridized carbons (Fsp3) is 0.444. The highest BCUT2D eigenvalue weighted by Crippen LogP contribution is 1.89. The van der Waals surface area contributed by atoms with Gasteiger partial charge < -0.3 is 0 Å². The summed E-state index contributed by atoms with van der Waals surface area (Å²) in [5.74, 6) is 0.637. The van der Waals surface area contributed by atoms with E-state index in [1.807, 2.05) is 33.9 Å². The molecule has 2 aromatic rings. The lowest BCUT2D eigenvalue weighted by atomic mass is 10.8. The summed E-state index contributed by atoms with van der Waals surface area (Å²) in [7, 11) is 0. The van der Waals surface area contributed by atoms with Crippen LogP contribution in [0, 0.1) is 0 Å². The standard InChI is InChI=1S/C5H4N4.2C2H6/c1-3-9-4-2-7-8-5(9)6-1;2*1-2/h1-4H;2*1-2H3. The largest absolute Gasteiger partial charge is 0.288 e. The van der Waals surface area contributed by atoms with Gasteiger partial charge in [0.25, 0.3) is 5.78 Å². The minimum atomic E-state index is 0.637. The smallest absolute Gasteiger partial charge is 0.253 e. The fourth-order valence-corrected chi connectivity index (χ4v) is 0.686. The Morgan fingerprint density at radius 2 is 1.62 bits per heavy atom. The lowest BCUT2D eigenvalue weighted by molar-refractivity contribution is 0.966. The van der Waals surface area contributed by atoms with Gasteiger partial charge >= 0.3 is 0 Å². The molecular weight excluding hydrogens is 164 g/mol. The van der Waals surface area contributed by atoms with Crippen LogP contribution in [0.2, 0.25) is 0 Å². The van der Waals surface area contributed by atoms with E-state index >= 15 is 0 Å². The van der Waals surface area contributed by atoms with E-state index in [-0.39, 0.29) is 0 Å². The van der Waals surface area contributed by atoms with Crippen LogP contribution in [0.3, 0.4) is 0 Å². The Kier molecular flexibility index (Phi) is 6.41. The zero-order valence-electron chi connectivity index (χ0n) is 8.60. The average molecular weight is 180 g/mol. The maximum absolute atomic E-state index is 3.91. The summed E-state index contributed by atoms with van der Waals surface area (Å²) < 4.78 is 1.80. The summed E-state index contributed by atoms with van der Waals surface area (Å²) in [6, 6.07) is 0. The first-order valence-corrected chi connectivity index (χ1v) is 4.57. The zero-order chi connectivity index (χ0) is 10.1. The molecular formula is C9H16N4. The first-order valence-electron chi connectivity index (χ1n) is 4.57. The summed E-state index contributed by atoms with van der Waals surface area (Å²) in [6.07, 6.45) is 6.93. The van der Waals surface area contributed by atoms with Crippen LogP contribution in [0.5, 0.6) is 0 Å². The van der Waals surface area contributed by atoms with Crippen LogP contribution in [0.15, 0.2) is 24.8 Å². The van der Waals surface area contributed by atoms with E-state index < -0.39 is 0 Å². The van der Waals surface area contributed by atoms with E-state index in [2.05, 4.69) is 15.2 Å². The van der Waals surface area contributed by atoms with Crippen molar-refractivity contribution < 1.29 is 0 Å². The predicted octanol–water partition coefficient (Wildman–Crippen LogP) is 2.18. The quantitative estimate of drug-likeness (QED) is 0.624. The predicted molar refractivity (Wildman–Crippen MR) is 53.5 cm³/mol. The van der Waals surface area contributed by atoms with E-state index in [4.69, 9.17) is 0 Å².